The zero-order valence-corrected chi connectivity index (χ0v) is 12.4. The molecule has 6 heteroatoms. The van der Waals surface area contributed by atoms with Crippen LogP contribution < -0.4 is 10.1 Å². The number of ether oxygens (including phenoxy) is 1. The van der Waals surface area contributed by atoms with Crippen LogP contribution in [0.25, 0.3) is 0 Å². The first kappa shape index (κ1) is 14.4. The Hall–Kier alpha value is -0.980. The van der Waals surface area contributed by atoms with E-state index in [-0.39, 0.29) is 12.4 Å². The molecule has 19 heavy (non-hydrogen) atoms. The van der Waals surface area contributed by atoms with Crippen LogP contribution in [0.5, 0.6) is 5.75 Å². The minimum Gasteiger partial charge on any atom is -0.486 e. The lowest BCUT2D eigenvalue weighted by molar-refractivity contribution is 0.283. The van der Waals surface area contributed by atoms with Crippen LogP contribution in [0.2, 0.25) is 0 Å². The molecule has 0 aliphatic rings. The summed E-state index contributed by atoms with van der Waals surface area (Å²) < 4.78 is 32.6. The van der Waals surface area contributed by atoms with E-state index in [1.807, 2.05) is 11.4 Å². The molecular formula is C13H12BrF2NOS. The molecule has 0 radical (unpaired) electrons. The molecule has 2 rings (SSSR count). The van der Waals surface area contributed by atoms with Crippen molar-refractivity contribution in [3.8, 4) is 5.75 Å². The maximum Gasteiger partial charge on any atom is 0.190 e. The summed E-state index contributed by atoms with van der Waals surface area (Å²) in [4.78, 5) is 1.18. The lowest BCUT2D eigenvalue weighted by Crippen LogP contribution is -2.20. The van der Waals surface area contributed by atoms with Gasteiger partial charge in [0.2, 0.25) is 0 Å². The van der Waals surface area contributed by atoms with Crippen LogP contribution in [0.4, 0.5) is 8.78 Å². The number of nitrogens with one attached hydrogen (secondary N) is 1. The molecule has 0 unspecified atom stereocenters. The smallest absolute Gasteiger partial charge is 0.190 e. The van der Waals surface area contributed by atoms with Crippen molar-refractivity contribution >= 4 is 27.3 Å². The van der Waals surface area contributed by atoms with Gasteiger partial charge in [0, 0.05) is 27.8 Å². The lowest BCUT2D eigenvalue weighted by atomic mass is 10.3. The monoisotopic (exact) mass is 347 g/mol. The van der Waals surface area contributed by atoms with E-state index in [4.69, 9.17) is 4.74 Å². The molecule has 0 bridgehead atoms. The summed E-state index contributed by atoms with van der Waals surface area (Å²) in [5.41, 5.74) is 0. The molecule has 0 aliphatic carbocycles. The Balaban J connectivity index is 1.72. The van der Waals surface area contributed by atoms with Crippen LogP contribution in [0.15, 0.2) is 34.1 Å². The number of hydrogen-bond acceptors (Lipinski definition) is 3. The summed E-state index contributed by atoms with van der Waals surface area (Å²) in [7, 11) is 0. The first-order valence-electron chi connectivity index (χ1n) is 5.67. The fourth-order valence-corrected chi connectivity index (χ4v) is 2.92. The van der Waals surface area contributed by atoms with Crippen LogP contribution in [0, 0.1) is 11.6 Å². The van der Waals surface area contributed by atoms with E-state index in [1.54, 1.807) is 11.3 Å². The first-order valence-corrected chi connectivity index (χ1v) is 7.34. The minimum atomic E-state index is -0.679. The summed E-state index contributed by atoms with van der Waals surface area (Å²) in [6, 6.07) is 5.68. The van der Waals surface area contributed by atoms with E-state index >= 15 is 0 Å². The van der Waals surface area contributed by atoms with Crippen molar-refractivity contribution in [1.82, 2.24) is 5.32 Å². The number of thiophene rings is 1. The highest BCUT2D eigenvalue weighted by Gasteiger charge is 2.08. The highest BCUT2D eigenvalue weighted by Crippen LogP contribution is 2.21. The molecule has 2 aromatic rings. The fraction of sp³-hybridized carbons (Fsp3) is 0.231. The molecule has 0 saturated heterocycles. The maximum absolute atomic E-state index is 13.2. The molecule has 1 aromatic carbocycles. The van der Waals surface area contributed by atoms with Gasteiger partial charge in [-0.1, -0.05) is 6.07 Å². The van der Waals surface area contributed by atoms with Gasteiger partial charge >= 0.3 is 0 Å². The third-order valence-corrected chi connectivity index (χ3v) is 4.06. The van der Waals surface area contributed by atoms with Gasteiger partial charge in [0.05, 0.1) is 0 Å². The minimum absolute atomic E-state index is 0.213. The zero-order chi connectivity index (χ0) is 13.7. The maximum atomic E-state index is 13.2. The number of halogens is 3. The predicted molar refractivity (Wildman–Crippen MR) is 75.6 cm³/mol. The molecule has 0 aliphatic heterocycles. The van der Waals surface area contributed by atoms with E-state index in [2.05, 4.69) is 21.2 Å². The lowest BCUT2D eigenvalue weighted by Gasteiger charge is -2.08. The van der Waals surface area contributed by atoms with Crippen molar-refractivity contribution in [1.29, 1.82) is 0 Å². The van der Waals surface area contributed by atoms with Gasteiger partial charge in [-0.05, 0) is 34.1 Å². The van der Waals surface area contributed by atoms with Gasteiger partial charge in [-0.2, -0.15) is 0 Å². The van der Waals surface area contributed by atoms with Crippen LogP contribution >= 0.6 is 27.3 Å². The van der Waals surface area contributed by atoms with Crippen molar-refractivity contribution in [2.24, 2.45) is 0 Å². The van der Waals surface area contributed by atoms with Crippen molar-refractivity contribution in [2.75, 3.05) is 13.2 Å². The van der Waals surface area contributed by atoms with Crippen LogP contribution in [0.3, 0.4) is 0 Å². The number of benzene rings is 1. The molecule has 2 nitrogen and oxygen atoms in total. The zero-order valence-electron chi connectivity index (χ0n) is 9.96. The van der Waals surface area contributed by atoms with Gasteiger partial charge in [-0.15, -0.1) is 11.3 Å². The Labute approximate surface area is 122 Å². The van der Waals surface area contributed by atoms with Gasteiger partial charge in [0.25, 0.3) is 0 Å². The summed E-state index contributed by atoms with van der Waals surface area (Å²) in [6.45, 7) is 1.44. The molecule has 1 heterocycles. The summed E-state index contributed by atoms with van der Waals surface area (Å²) >= 11 is 5.01. The summed E-state index contributed by atoms with van der Waals surface area (Å²) in [5, 5.41) is 5.15. The molecule has 0 fully saturated rings. The molecule has 1 N–H and O–H groups in total. The second-order valence-corrected chi connectivity index (χ2v) is 5.72. The van der Waals surface area contributed by atoms with Crippen LogP contribution in [0.1, 0.15) is 4.88 Å². The highest BCUT2D eigenvalue weighted by molar-refractivity contribution is 9.10. The van der Waals surface area contributed by atoms with E-state index in [0.717, 1.165) is 4.47 Å². The second-order valence-electron chi connectivity index (χ2n) is 3.81. The molecule has 0 saturated carbocycles. The third-order valence-electron chi connectivity index (χ3n) is 2.37. The summed E-state index contributed by atoms with van der Waals surface area (Å²) in [6.07, 6.45) is 0. The Morgan fingerprint density at radius 1 is 1.26 bits per heavy atom. The molecule has 102 valence electrons. The SMILES string of the molecule is Fc1cccc(F)c1OCCNCc1cc(Br)cs1. The van der Waals surface area contributed by atoms with Gasteiger partial charge < -0.3 is 10.1 Å². The van der Waals surface area contributed by atoms with Crippen molar-refractivity contribution in [2.45, 2.75) is 6.54 Å². The van der Waals surface area contributed by atoms with Gasteiger partial charge in [-0.3, -0.25) is 0 Å². The highest BCUT2D eigenvalue weighted by atomic mass is 79.9. The average Bonchev–Trinajstić information content (AvgIpc) is 2.78. The number of rotatable bonds is 6. The Kier molecular flexibility index (Phi) is 5.30. The first-order chi connectivity index (χ1) is 9.16. The molecular weight excluding hydrogens is 336 g/mol. The van der Waals surface area contributed by atoms with Crippen LogP contribution in [-0.2, 0) is 6.54 Å². The summed E-state index contributed by atoms with van der Waals surface area (Å²) in [5.74, 6) is -1.67. The van der Waals surface area contributed by atoms with E-state index in [0.29, 0.717) is 13.1 Å². The Bertz CT molecular complexity index is 527. The molecule has 1 aromatic heterocycles. The van der Waals surface area contributed by atoms with Crippen molar-refractivity contribution in [3.05, 3.63) is 50.6 Å². The van der Waals surface area contributed by atoms with Crippen molar-refractivity contribution in [3.63, 3.8) is 0 Å². The van der Waals surface area contributed by atoms with Crippen molar-refractivity contribution < 1.29 is 13.5 Å². The Morgan fingerprint density at radius 2 is 2.00 bits per heavy atom. The molecule has 0 amide bonds. The van der Waals surface area contributed by atoms with Gasteiger partial charge in [-0.25, -0.2) is 8.78 Å². The largest absolute Gasteiger partial charge is 0.486 e. The normalized spacial score (nSPS) is 10.7. The number of hydrogen-bond donors (Lipinski definition) is 1. The Morgan fingerprint density at radius 3 is 2.63 bits per heavy atom. The van der Waals surface area contributed by atoms with E-state index in [1.165, 1.54) is 23.1 Å². The second kappa shape index (κ2) is 6.98. The van der Waals surface area contributed by atoms with E-state index < -0.39 is 11.6 Å². The predicted octanol–water partition coefficient (Wildman–Crippen LogP) is 3.96. The number of para-hydroxylation sites is 1. The van der Waals surface area contributed by atoms with Gasteiger partial charge in [0.15, 0.2) is 17.4 Å². The standard InChI is InChI=1S/C13H12BrF2NOS/c14-9-6-10(19-8-9)7-17-4-5-18-13-11(15)2-1-3-12(13)16/h1-3,6,8,17H,4-5,7H2. The quantitative estimate of drug-likeness (QED) is 0.798. The molecule has 0 spiro atoms. The third kappa shape index (κ3) is 4.26. The topological polar surface area (TPSA) is 21.3 Å². The van der Waals surface area contributed by atoms with Crippen LogP contribution in [-0.4, -0.2) is 13.2 Å². The van der Waals surface area contributed by atoms with Gasteiger partial charge in [0.1, 0.15) is 6.61 Å². The molecule has 0 atom stereocenters. The van der Waals surface area contributed by atoms with E-state index in [9.17, 15) is 8.78 Å². The average molecular weight is 348 g/mol. The fourth-order valence-electron chi connectivity index (χ4n) is 1.50.